The average Bonchev–Trinajstić information content (AvgIpc) is 3.03. The zero-order valence-corrected chi connectivity index (χ0v) is 15.5. The van der Waals surface area contributed by atoms with Crippen LogP contribution in [0.5, 0.6) is 11.5 Å². The second-order valence-corrected chi connectivity index (χ2v) is 6.71. The number of rotatable bonds is 5. The molecule has 0 amide bonds. The van der Waals surface area contributed by atoms with E-state index in [9.17, 15) is 9.90 Å². The molecule has 1 aromatic heterocycles. The van der Waals surface area contributed by atoms with Crippen molar-refractivity contribution in [3.8, 4) is 11.5 Å². The van der Waals surface area contributed by atoms with Crippen LogP contribution < -0.4 is 9.47 Å². The predicted molar refractivity (Wildman–Crippen MR) is 99.3 cm³/mol. The van der Waals surface area contributed by atoms with Crippen LogP contribution in [0.2, 0.25) is 0 Å². The number of aliphatic hydroxyl groups is 1. The van der Waals surface area contributed by atoms with E-state index >= 15 is 0 Å². The Labute approximate surface area is 151 Å². The lowest BCUT2D eigenvalue weighted by molar-refractivity contribution is -0.133. The lowest BCUT2D eigenvalue weighted by Gasteiger charge is -2.22. The van der Waals surface area contributed by atoms with Gasteiger partial charge < -0.3 is 19.6 Å². The van der Waals surface area contributed by atoms with E-state index in [-0.39, 0.29) is 17.4 Å². The maximum absolute atomic E-state index is 11.7. The molecule has 0 bridgehead atoms. The number of benzene rings is 2. The molecule has 0 saturated heterocycles. The Kier molecular flexibility index (Phi) is 4.84. The minimum atomic E-state index is -1.21. The van der Waals surface area contributed by atoms with Gasteiger partial charge in [-0.05, 0) is 14.1 Å². The van der Waals surface area contributed by atoms with Gasteiger partial charge in [-0.2, -0.15) is 0 Å². The van der Waals surface area contributed by atoms with Gasteiger partial charge >= 0.3 is 5.97 Å². The number of hydrogen-bond donors (Lipinski definition) is 2. The fraction of sp³-hybridized carbons (Fsp3) is 0.368. The standard InChI is InChI=1S/C19H23N3O4/c1-10(2)18-20-14-12-8-6-7-9-13(12)16(25-11(3)23)17(15(14)21-18)26-19(24)22(4)5/h6-10,19,24H,1-5H3,(H,20,21). The molecule has 0 spiro atoms. The third kappa shape index (κ3) is 3.23. The number of ether oxygens (including phenoxy) is 2. The highest BCUT2D eigenvalue weighted by molar-refractivity contribution is 6.11. The highest BCUT2D eigenvalue weighted by atomic mass is 16.6. The average molecular weight is 357 g/mol. The number of imidazole rings is 1. The molecule has 7 nitrogen and oxygen atoms in total. The number of nitrogens with one attached hydrogen (secondary N) is 1. The van der Waals surface area contributed by atoms with E-state index in [1.165, 1.54) is 11.8 Å². The molecular weight excluding hydrogens is 334 g/mol. The fourth-order valence-electron chi connectivity index (χ4n) is 2.72. The van der Waals surface area contributed by atoms with Crippen molar-refractivity contribution in [1.29, 1.82) is 0 Å². The molecule has 1 atom stereocenters. The number of aromatic nitrogens is 2. The summed E-state index contributed by atoms with van der Waals surface area (Å²) in [6.07, 6.45) is -1.21. The maximum Gasteiger partial charge on any atom is 0.308 e. The van der Waals surface area contributed by atoms with Gasteiger partial charge in [0.05, 0.1) is 0 Å². The number of aliphatic hydroxyl groups excluding tert-OH is 1. The monoisotopic (exact) mass is 357 g/mol. The van der Waals surface area contributed by atoms with Crippen LogP contribution in [0.25, 0.3) is 21.8 Å². The molecular formula is C19H23N3O4. The van der Waals surface area contributed by atoms with E-state index < -0.39 is 12.4 Å². The number of nitrogens with zero attached hydrogens (tertiary/aromatic N) is 2. The van der Waals surface area contributed by atoms with Gasteiger partial charge in [-0.15, -0.1) is 0 Å². The van der Waals surface area contributed by atoms with Gasteiger partial charge in [-0.3, -0.25) is 9.69 Å². The van der Waals surface area contributed by atoms with Gasteiger partial charge in [0.25, 0.3) is 6.41 Å². The van der Waals surface area contributed by atoms with E-state index in [1.54, 1.807) is 14.1 Å². The van der Waals surface area contributed by atoms with Crippen molar-refractivity contribution in [2.24, 2.45) is 0 Å². The SMILES string of the molecule is CC(=O)Oc1c(OC(O)N(C)C)c2[nH]c(C(C)C)nc2c2ccccc12. The fourth-order valence-corrected chi connectivity index (χ4v) is 2.72. The van der Waals surface area contributed by atoms with Crippen molar-refractivity contribution in [2.75, 3.05) is 14.1 Å². The zero-order valence-electron chi connectivity index (χ0n) is 15.5. The smallest absolute Gasteiger partial charge is 0.308 e. The van der Waals surface area contributed by atoms with Crippen LogP contribution in [0.1, 0.15) is 32.5 Å². The lowest BCUT2D eigenvalue weighted by atomic mass is 10.1. The Morgan fingerprint density at radius 2 is 1.85 bits per heavy atom. The summed E-state index contributed by atoms with van der Waals surface area (Å²) in [6, 6.07) is 7.51. The molecule has 2 aromatic carbocycles. The Balaban J connectivity index is 2.38. The molecule has 3 rings (SSSR count). The van der Waals surface area contributed by atoms with Crippen LogP contribution in [0.15, 0.2) is 24.3 Å². The Morgan fingerprint density at radius 1 is 1.19 bits per heavy atom. The highest BCUT2D eigenvalue weighted by Crippen LogP contribution is 2.43. The largest absolute Gasteiger partial charge is 0.445 e. The first-order valence-corrected chi connectivity index (χ1v) is 8.43. The number of aromatic amines is 1. The number of carbonyl (C=O) groups is 1. The summed E-state index contributed by atoms with van der Waals surface area (Å²) >= 11 is 0. The van der Waals surface area contributed by atoms with E-state index in [2.05, 4.69) is 4.98 Å². The molecule has 0 saturated carbocycles. The summed E-state index contributed by atoms with van der Waals surface area (Å²) in [7, 11) is 3.36. The van der Waals surface area contributed by atoms with Crippen LogP contribution in [0.4, 0.5) is 0 Å². The predicted octanol–water partition coefficient (Wildman–Crippen LogP) is 2.98. The van der Waals surface area contributed by atoms with E-state index in [0.717, 1.165) is 11.2 Å². The molecule has 0 fully saturated rings. The van der Waals surface area contributed by atoms with Crippen molar-refractivity contribution in [2.45, 2.75) is 33.1 Å². The number of esters is 1. The minimum Gasteiger partial charge on any atom is -0.445 e. The third-order valence-electron chi connectivity index (χ3n) is 4.04. The molecule has 26 heavy (non-hydrogen) atoms. The third-order valence-corrected chi connectivity index (χ3v) is 4.04. The summed E-state index contributed by atoms with van der Waals surface area (Å²) in [6.45, 7) is 5.39. The molecule has 1 heterocycles. The highest BCUT2D eigenvalue weighted by Gasteiger charge is 2.24. The molecule has 0 aliphatic heterocycles. The van der Waals surface area contributed by atoms with Crippen LogP contribution in [-0.2, 0) is 4.79 Å². The maximum atomic E-state index is 11.7. The number of fused-ring (bicyclic) bond motifs is 3. The summed E-state index contributed by atoms with van der Waals surface area (Å²) < 4.78 is 11.2. The molecule has 1 unspecified atom stereocenters. The molecule has 138 valence electrons. The number of carbonyl (C=O) groups excluding carboxylic acids is 1. The van der Waals surface area contributed by atoms with Gasteiger partial charge in [0.1, 0.15) is 16.9 Å². The first-order chi connectivity index (χ1) is 12.3. The topological polar surface area (TPSA) is 87.7 Å². The Morgan fingerprint density at radius 3 is 2.42 bits per heavy atom. The normalized spacial score (nSPS) is 12.9. The molecule has 3 aromatic rings. The van der Waals surface area contributed by atoms with Gasteiger partial charge in [0.2, 0.25) is 0 Å². The summed E-state index contributed by atoms with van der Waals surface area (Å²) in [4.78, 5) is 21.2. The number of hydrogen-bond acceptors (Lipinski definition) is 6. The summed E-state index contributed by atoms with van der Waals surface area (Å²) in [5, 5.41) is 11.7. The van der Waals surface area contributed by atoms with Crippen molar-refractivity contribution in [1.82, 2.24) is 14.9 Å². The molecule has 2 N–H and O–H groups in total. The molecule has 0 radical (unpaired) electrons. The second kappa shape index (κ2) is 6.93. The van der Waals surface area contributed by atoms with Crippen LogP contribution >= 0.6 is 0 Å². The van der Waals surface area contributed by atoms with Crippen LogP contribution in [0, 0.1) is 0 Å². The number of H-pyrrole nitrogens is 1. The van der Waals surface area contributed by atoms with Crippen molar-refractivity contribution >= 4 is 27.8 Å². The quantitative estimate of drug-likeness (QED) is 0.415. The van der Waals surface area contributed by atoms with E-state index in [0.29, 0.717) is 16.4 Å². The van der Waals surface area contributed by atoms with Gasteiger partial charge in [-0.25, -0.2) is 4.98 Å². The van der Waals surface area contributed by atoms with Crippen LogP contribution in [-0.4, -0.2) is 46.5 Å². The van der Waals surface area contributed by atoms with Crippen LogP contribution in [0.3, 0.4) is 0 Å². The van der Waals surface area contributed by atoms with Crippen molar-refractivity contribution in [3.63, 3.8) is 0 Å². The van der Waals surface area contributed by atoms with Gasteiger partial charge in [-0.1, -0.05) is 38.1 Å². The minimum absolute atomic E-state index is 0.171. The molecule has 0 aliphatic carbocycles. The zero-order chi connectivity index (χ0) is 19.0. The van der Waals surface area contributed by atoms with Crippen molar-refractivity contribution < 1.29 is 19.4 Å². The van der Waals surface area contributed by atoms with Gasteiger partial charge in [0, 0.05) is 23.6 Å². The molecule has 0 aliphatic rings. The van der Waals surface area contributed by atoms with E-state index in [1.807, 2.05) is 38.1 Å². The van der Waals surface area contributed by atoms with Gasteiger partial charge in [0.15, 0.2) is 11.5 Å². The van der Waals surface area contributed by atoms with Crippen molar-refractivity contribution in [3.05, 3.63) is 30.1 Å². The first-order valence-electron chi connectivity index (χ1n) is 8.43. The Bertz CT molecular complexity index is 962. The summed E-state index contributed by atoms with van der Waals surface area (Å²) in [5.41, 5.74) is 1.30. The second-order valence-electron chi connectivity index (χ2n) is 6.71. The Hall–Kier alpha value is -2.64. The van der Waals surface area contributed by atoms with E-state index in [4.69, 9.17) is 14.5 Å². The first kappa shape index (κ1) is 18.2. The lowest BCUT2D eigenvalue weighted by Crippen LogP contribution is -2.33. The summed E-state index contributed by atoms with van der Waals surface area (Å²) in [5.74, 6) is 1.01. The molecule has 7 heteroatoms.